The van der Waals surface area contributed by atoms with Crippen LogP contribution < -0.4 is 0 Å². The second-order valence-corrected chi connectivity index (χ2v) is 5.86. The molecule has 1 saturated heterocycles. The Hall–Kier alpha value is -1.89. The molecule has 1 aliphatic heterocycles. The number of carbonyl (C=O) groups is 3. The number of carboxylic acid groups (broad SMARTS) is 1. The van der Waals surface area contributed by atoms with E-state index in [0.29, 0.717) is 35.7 Å². The van der Waals surface area contributed by atoms with Crippen molar-refractivity contribution in [2.45, 2.75) is 31.7 Å². The number of hydrogen-bond acceptors (Lipinski definition) is 5. The second-order valence-electron chi connectivity index (χ2n) is 4.90. The summed E-state index contributed by atoms with van der Waals surface area (Å²) in [5.74, 6) is -1.50. The number of rotatable bonds is 4. The summed E-state index contributed by atoms with van der Waals surface area (Å²) < 4.78 is 0. The number of carbonyl (C=O) groups excluding carboxylic acids is 2. The Kier molecular flexibility index (Phi) is 4.62. The number of pyridine rings is 1. The number of hydrogen-bond donors (Lipinski definition) is 1. The van der Waals surface area contributed by atoms with Gasteiger partial charge >= 0.3 is 5.97 Å². The summed E-state index contributed by atoms with van der Waals surface area (Å²) in [6, 6.07) is 1.69. The van der Waals surface area contributed by atoms with E-state index in [2.05, 4.69) is 4.98 Å². The van der Waals surface area contributed by atoms with E-state index in [-0.39, 0.29) is 23.1 Å². The summed E-state index contributed by atoms with van der Waals surface area (Å²) in [4.78, 5) is 40.2. The van der Waals surface area contributed by atoms with E-state index in [1.54, 1.807) is 19.9 Å². The monoisotopic (exact) mass is 308 g/mol. The first-order chi connectivity index (χ1) is 9.90. The molecule has 0 atom stereocenters. The van der Waals surface area contributed by atoms with E-state index < -0.39 is 5.97 Å². The number of carboxylic acids is 1. The van der Waals surface area contributed by atoms with Crippen LogP contribution in [-0.4, -0.2) is 45.1 Å². The summed E-state index contributed by atoms with van der Waals surface area (Å²) in [6.07, 6.45) is 1.09. The van der Waals surface area contributed by atoms with Crippen molar-refractivity contribution in [2.24, 2.45) is 0 Å². The average molecular weight is 308 g/mol. The predicted octanol–water partition coefficient (Wildman–Crippen LogP) is 1.64. The third-order valence-electron chi connectivity index (χ3n) is 3.23. The van der Waals surface area contributed by atoms with Crippen LogP contribution in [0.2, 0.25) is 0 Å². The number of aromatic carboxylic acids is 1. The molecular weight excluding hydrogens is 292 g/mol. The Morgan fingerprint density at radius 3 is 2.71 bits per heavy atom. The Bertz CT molecular complexity index is 615. The number of amides is 2. The topological polar surface area (TPSA) is 87.6 Å². The first-order valence-corrected chi connectivity index (χ1v) is 7.56. The SMILES string of the molecule is Cc1cc(C)c(C(=O)O)c(SCC(=O)N2CCCC2=O)n1. The molecule has 0 radical (unpaired) electrons. The van der Waals surface area contributed by atoms with Crippen molar-refractivity contribution in [1.82, 2.24) is 9.88 Å². The Morgan fingerprint density at radius 1 is 1.43 bits per heavy atom. The lowest BCUT2D eigenvalue weighted by atomic mass is 10.1. The highest BCUT2D eigenvalue weighted by atomic mass is 32.2. The fraction of sp³-hybridized carbons (Fsp3) is 0.429. The molecule has 0 aromatic carbocycles. The van der Waals surface area contributed by atoms with Crippen molar-refractivity contribution in [2.75, 3.05) is 12.3 Å². The van der Waals surface area contributed by atoms with E-state index in [9.17, 15) is 19.5 Å². The molecule has 2 amide bonds. The average Bonchev–Trinajstić information content (AvgIpc) is 2.81. The summed E-state index contributed by atoms with van der Waals surface area (Å²) in [6.45, 7) is 3.92. The third-order valence-corrected chi connectivity index (χ3v) is 4.19. The zero-order chi connectivity index (χ0) is 15.6. The molecule has 1 N–H and O–H groups in total. The van der Waals surface area contributed by atoms with Crippen LogP contribution in [-0.2, 0) is 9.59 Å². The third kappa shape index (κ3) is 3.41. The van der Waals surface area contributed by atoms with Gasteiger partial charge in [-0.05, 0) is 31.9 Å². The molecule has 0 bridgehead atoms. The number of nitrogens with zero attached hydrogens (tertiary/aromatic N) is 2. The predicted molar refractivity (Wildman–Crippen MR) is 77.3 cm³/mol. The maximum absolute atomic E-state index is 12.0. The van der Waals surface area contributed by atoms with Gasteiger partial charge in [-0.2, -0.15) is 0 Å². The molecule has 0 saturated carbocycles. The van der Waals surface area contributed by atoms with Gasteiger partial charge in [0.15, 0.2) is 0 Å². The van der Waals surface area contributed by atoms with Gasteiger partial charge in [-0.25, -0.2) is 9.78 Å². The van der Waals surface area contributed by atoms with Crippen molar-refractivity contribution in [1.29, 1.82) is 0 Å². The van der Waals surface area contributed by atoms with Crippen molar-refractivity contribution in [3.8, 4) is 0 Å². The molecule has 7 heteroatoms. The number of thioether (sulfide) groups is 1. The summed E-state index contributed by atoms with van der Waals surface area (Å²) in [5, 5.41) is 9.57. The van der Waals surface area contributed by atoms with Crippen LogP contribution in [0.5, 0.6) is 0 Å². The standard InChI is InChI=1S/C14H16N2O4S/c1-8-6-9(2)15-13(12(8)14(19)20)21-7-11(18)16-5-3-4-10(16)17/h6H,3-5,7H2,1-2H3,(H,19,20). The number of likely N-dealkylation sites (tertiary alicyclic amines) is 1. The molecule has 2 heterocycles. The summed E-state index contributed by atoms with van der Waals surface area (Å²) >= 11 is 1.07. The zero-order valence-electron chi connectivity index (χ0n) is 11.9. The summed E-state index contributed by atoms with van der Waals surface area (Å²) in [7, 11) is 0. The molecule has 112 valence electrons. The first kappa shape index (κ1) is 15.5. The van der Waals surface area contributed by atoms with Gasteiger partial charge in [-0.15, -0.1) is 0 Å². The van der Waals surface area contributed by atoms with Gasteiger partial charge < -0.3 is 5.11 Å². The fourth-order valence-electron chi connectivity index (χ4n) is 2.29. The molecule has 1 aromatic heterocycles. The fourth-order valence-corrected chi connectivity index (χ4v) is 3.30. The molecular formula is C14H16N2O4S. The van der Waals surface area contributed by atoms with Crippen LogP contribution >= 0.6 is 11.8 Å². The smallest absolute Gasteiger partial charge is 0.338 e. The zero-order valence-corrected chi connectivity index (χ0v) is 12.7. The molecule has 0 unspecified atom stereocenters. The van der Waals surface area contributed by atoms with E-state index in [1.165, 1.54) is 4.90 Å². The Labute approximate surface area is 126 Å². The van der Waals surface area contributed by atoms with Gasteiger partial charge in [0.1, 0.15) is 5.03 Å². The van der Waals surface area contributed by atoms with Gasteiger partial charge in [0, 0.05) is 18.7 Å². The maximum Gasteiger partial charge on any atom is 0.338 e. The van der Waals surface area contributed by atoms with Crippen LogP contribution in [0, 0.1) is 13.8 Å². The van der Waals surface area contributed by atoms with E-state index in [0.717, 1.165) is 11.8 Å². The minimum absolute atomic E-state index is 0.0158. The summed E-state index contributed by atoms with van der Waals surface area (Å²) in [5.41, 5.74) is 1.43. The Morgan fingerprint density at radius 2 is 2.14 bits per heavy atom. The van der Waals surface area contributed by atoms with Gasteiger partial charge in [-0.1, -0.05) is 11.8 Å². The molecule has 1 aliphatic rings. The van der Waals surface area contributed by atoms with Crippen molar-refractivity contribution in [3.05, 3.63) is 22.9 Å². The van der Waals surface area contributed by atoms with E-state index >= 15 is 0 Å². The van der Waals surface area contributed by atoms with Crippen LogP contribution in [0.1, 0.15) is 34.5 Å². The number of imide groups is 1. The lowest BCUT2D eigenvalue weighted by Crippen LogP contribution is -2.33. The van der Waals surface area contributed by atoms with Crippen LogP contribution in [0.15, 0.2) is 11.1 Å². The number of aromatic nitrogens is 1. The minimum atomic E-state index is -1.06. The van der Waals surface area contributed by atoms with Gasteiger partial charge in [0.25, 0.3) is 0 Å². The lowest BCUT2D eigenvalue weighted by Gasteiger charge is -2.14. The molecule has 1 aromatic rings. The highest BCUT2D eigenvalue weighted by molar-refractivity contribution is 8.00. The maximum atomic E-state index is 12.0. The molecule has 2 rings (SSSR count). The molecule has 0 spiro atoms. The highest BCUT2D eigenvalue weighted by Gasteiger charge is 2.27. The normalized spacial score (nSPS) is 14.6. The molecule has 0 aliphatic carbocycles. The molecule has 1 fully saturated rings. The van der Waals surface area contributed by atoms with E-state index in [1.807, 2.05) is 0 Å². The molecule has 6 nitrogen and oxygen atoms in total. The lowest BCUT2D eigenvalue weighted by molar-refractivity contribution is -0.140. The van der Waals surface area contributed by atoms with E-state index in [4.69, 9.17) is 0 Å². The number of aryl methyl sites for hydroxylation is 2. The van der Waals surface area contributed by atoms with Crippen LogP contribution in [0.3, 0.4) is 0 Å². The van der Waals surface area contributed by atoms with Crippen LogP contribution in [0.25, 0.3) is 0 Å². The van der Waals surface area contributed by atoms with Crippen molar-refractivity contribution >= 4 is 29.5 Å². The second kappa shape index (κ2) is 6.26. The van der Waals surface area contributed by atoms with Crippen LogP contribution in [0.4, 0.5) is 0 Å². The van der Waals surface area contributed by atoms with Crippen molar-refractivity contribution < 1.29 is 19.5 Å². The highest BCUT2D eigenvalue weighted by Crippen LogP contribution is 2.25. The van der Waals surface area contributed by atoms with Gasteiger partial charge in [0.2, 0.25) is 11.8 Å². The largest absolute Gasteiger partial charge is 0.478 e. The minimum Gasteiger partial charge on any atom is -0.478 e. The molecule has 21 heavy (non-hydrogen) atoms. The van der Waals surface area contributed by atoms with Gasteiger partial charge in [0.05, 0.1) is 11.3 Å². The quantitative estimate of drug-likeness (QED) is 0.851. The Balaban J connectivity index is 2.14. The van der Waals surface area contributed by atoms with Crippen molar-refractivity contribution in [3.63, 3.8) is 0 Å². The van der Waals surface area contributed by atoms with Gasteiger partial charge in [-0.3, -0.25) is 14.5 Å². The first-order valence-electron chi connectivity index (χ1n) is 6.57.